The number of esters is 1. The molecule has 0 heterocycles. The fourth-order valence-corrected chi connectivity index (χ4v) is 2.86. The second kappa shape index (κ2) is 9.11. The molecule has 0 atom stereocenters. The minimum atomic E-state index is -0.177. The van der Waals surface area contributed by atoms with Crippen LogP contribution in [0.5, 0.6) is 11.5 Å². The number of hydrogen-bond acceptors (Lipinski definition) is 4. The number of ether oxygens (including phenoxy) is 1. The Balaban J connectivity index is 2.16. The van der Waals surface area contributed by atoms with E-state index in [2.05, 4.69) is 6.92 Å². The molecule has 0 fully saturated rings. The molecule has 2 aromatic rings. The van der Waals surface area contributed by atoms with Gasteiger partial charge < -0.3 is 14.9 Å². The van der Waals surface area contributed by atoms with Gasteiger partial charge in [-0.2, -0.15) is 0 Å². The predicted octanol–water partition coefficient (Wildman–Crippen LogP) is 4.60. The van der Waals surface area contributed by atoms with Gasteiger partial charge in [-0.15, -0.1) is 0 Å². The Morgan fingerprint density at radius 1 is 1.00 bits per heavy atom. The number of carbonyl (C=O) groups excluding carboxylic acids is 1. The van der Waals surface area contributed by atoms with Gasteiger partial charge in [-0.3, -0.25) is 4.79 Å². The van der Waals surface area contributed by atoms with Crippen LogP contribution in [0.15, 0.2) is 36.4 Å². The van der Waals surface area contributed by atoms with Crippen LogP contribution in [-0.2, 0) is 22.4 Å². The Labute approximate surface area is 149 Å². The highest BCUT2D eigenvalue weighted by Gasteiger charge is 2.10. The van der Waals surface area contributed by atoms with E-state index in [0.717, 1.165) is 41.5 Å². The van der Waals surface area contributed by atoms with Crippen LogP contribution >= 0.6 is 0 Å². The molecule has 0 aliphatic carbocycles. The number of phenolic OH excluding ortho intramolecular Hbond substituents is 2. The third kappa shape index (κ3) is 5.24. The van der Waals surface area contributed by atoms with Crippen molar-refractivity contribution in [2.45, 2.75) is 46.0 Å². The van der Waals surface area contributed by atoms with Gasteiger partial charge in [-0.1, -0.05) is 25.5 Å². The molecule has 2 N–H and O–H groups in total. The molecule has 2 rings (SSSR count). The van der Waals surface area contributed by atoms with E-state index in [1.165, 1.54) is 0 Å². The zero-order valence-electron chi connectivity index (χ0n) is 14.9. The molecule has 0 unspecified atom stereocenters. The average Bonchev–Trinajstić information content (AvgIpc) is 2.59. The van der Waals surface area contributed by atoms with Gasteiger partial charge in [0.15, 0.2) is 0 Å². The summed E-state index contributed by atoms with van der Waals surface area (Å²) >= 11 is 0. The van der Waals surface area contributed by atoms with Gasteiger partial charge >= 0.3 is 5.97 Å². The van der Waals surface area contributed by atoms with Crippen molar-refractivity contribution in [3.05, 3.63) is 47.5 Å². The minimum Gasteiger partial charge on any atom is -0.508 e. The van der Waals surface area contributed by atoms with Crippen LogP contribution in [0.3, 0.4) is 0 Å². The van der Waals surface area contributed by atoms with Crippen molar-refractivity contribution in [2.24, 2.45) is 0 Å². The predicted molar refractivity (Wildman–Crippen MR) is 98.8 cm³/mol. The molecule has 4 nitrogen and oxygen atoms in total. The standard InChI is InChI=1S/C21H26O4/c1-3-6-17-14-16(10-12-19(17)22)18-13-15(9-11-20(18)23)7-5-8-21(24)25-4-2/h9-14,22-23H,3-8H2,1-2H3. The fraction of sp³-hybridized carbons (Fsp3) is 0.381. The van der Waals surface area contributed by atoms with Gasteiger partial charge in [0.25, 0.3) is 0 Å². The molecule has 25 heavy (non-hydrogen) atoms. The quantitative estimate of drug-likeness (QED) is 0.688. The SMILES string of the molecule is CCCc1cc(-c2cc(CCCC(=O)OCC)ccc2O)ccc1O. The Bertz CT molecular complexity index is 722. The van der Waals surface area contributed by atoms with E-state index >= 15 is 0 Å². The van der Waals surface area contributed by atoms with Crippen molar-refractivity contribution in [1.82, 2.24) is 0 Å². The second-order valence-corrected chi connectivity index (χ2v) is 6.10. The largest absolute Gasteiger partial charge is 0.508 e. The summed E-state index contributed by atoms with van der Waals surface area (Å²) in [5.74, 6) is 0.321. The van der Waals surface area contributed by atoms with Crippen LogP contribution in [0.2, 0.25) is 0 Å². The molecule has 0 saturated heterocycles. The zero-order chi connectivity index (χ0) is 18.2. The molecule has 0 aliphatic rings. The molecular weight excluding hydrogens is 316 g/mol. The lowest BCUT2D eigenvalue weighted by Gasteiger charge is -2.11. The van der Waals surface area contributed by atoms with Crippen molar-refractivity contribution in [3.63, 3.8) is 0 Å². The van der Waals surface area contributed by atoms with Crippen LogP contribution in [-0.4, -0.2) is 22.8 Å². The highest BCUT2D eigenvalue weighted by Crippen LogP contribution is 2.33. The summed E-state index contributed by atoms with van der Waals surface area (Å²) in [6, 6.07) is 10.9. The van der Waals surface area contributed by atoms with E-state index in [1.54, 1.807) is 19.1 Å². The first kappa shape index (κ1) is 18.8. The number of aryl methyl sites for hydroxylation is 2. The van der Waals surface area contributed by atoms with Gasteiger partial charge in [0.1, 0.15) is 11.5 Å². The zero-order valence-corrected chi connectivity index (χ0v) is 14.9. The van der Waals surface area contributed by atoms with Crippen LogP contribution in [0.4, 0.5) is 0 Å². The van der Waals surface area contributed by atoms with E-state index in [9.17, 15) is 15.0 Å². The number of aromatic hydroxyl groups is 2. The van der Waals surface area contributed by atoms with Crippen molar-refractivity contribution in [2.75, 3.05) is 6.61 Å². The van der Waals surface area contributed by atoms with Gasteiger partial charge in [-0.25, -0.2) is 0 Å². The summed E-state index contributed by atoms with van der Waals surface area (Å²) in [5.41, 5.74) is 3.56. The van der Waals surface area contributed by atoms with E-state index < -0.39 is 0 Å². The summed E-state index contributed by atoms with van der Waals surface area (Å²) in [6.45, 7) is 4.27. The van der Waals surface area contributed by atoms with E-state index in [4.69, 9.17) is 4.74 Å². The molecule has 4 heteroatoms. The number of hydrogen-bond donors (Lipinski definition) is 2. The van der Waals surface area contributed by atoms with E-state index in [0.29, 0.717) is 19.4 Å². The normalized spacial score (nSPS) is 10.6. The lowest BCUT2D eigenvalue weighted by Crippen LogP contribution is -2.04. The van der Waals surface area contributed by atoms with Gasteiger partial charge in [0, 0.05) is 12.0 Å². The number of rotatable bonds is 8. The Morgan fingerprint density at radius 2 is 1.76 bits per heavy atom. The first-order valence-electron chi connectivity index (χ1n) is 8.85. The summed E-state index contributed by atoms with van der Waals surface area (Å²) in [6.07, 6.45) is 3.58. The molecule has 0 aliphatic heterocycles. The molecule has 0 radical (unpaired) electrons. The monoisotopic (exact) mass is 342 g/mol. The highest BCUT2D eigenvalue weighted by atomic mass is 16.5. The molecule has 0 spiro atoms. The fourth-order valence-electron chi connectivity index (χ4n) is 2.86. The van der Waals surface area contributed by atoms with Crippen LogP contribution in [0.1, 0.15) is 44.2 Å². The Kier molecular flexibility index (Phi) is 6.87. The van der Waals surface area contributed by atoms with Crippen LogP contribution in [0.25, 0.3) is 11.1 Å². The maximum absolute atomic E-state index is 11.4. The lowest BCUT2D eigenvalue weighted by molar-refractivity contribution is -0.143. The van der Waals surface area contributed by atoms with Crippen molar-refractivity contribution in [3.8, 4) is 22.6 Å². The molecule has 0 amide bonds. The van der Waals surface area contributed by atoms with Crippen LogP contribution < -0.4 is 0 Å². The van der Waals surface area contributed by atoms with Gasteiger partial charge in [0.2, 0.25) is 0 Å². The molecular formula is C21H26O4. The third-order valence-electron chi connectivity index (χ3n) is 4.12. The number of benzene rings is 2. The number of phenols is 2. The average molecular weight is 342 g/mol. The summed E-state index contributed by atoms with van der Waals surface area (Å²) < 4.78 is 4.94. The van der Waals surface area contributed by atoms with Gasteiger partial charge in [0.05, 0.1) is 6.61 Å². The van der Waals surface area contributed by atoms with E-state index in [-0.39, 0.29) is 17.5 Å². The molecule has 2 aromatic carbocycles. The minimum absolute atomic E-state index is 0.177. The first-order chi connectivity index (χ1) is 12.0. The second-order valence-electron chi connectivity index (χ2n) is 6.10. The molecule has 134 valence electrons. The van der Waals surface area contributed by atoms with Crippen LogP contribution in [0, 0.1) is 0 Å². The van der Waals surface area contributed by atoms with Gasteiger partial charge in [-0.05, 0) is 67.1 Å². The maximum Gasteiger partial charge on any atom is 0.305 e. The topological polar surface area (TPSA) is 66.8 Å². The van der Waals surface area contributed by atoms with E-state index in [1.807, 2.05) is 24.3 Å². The Hall–Kier alpha value is -2.49. The molecule has 0 bridgehead atoms. The summed E-state index contributed by atoms with van der Waals surface area (Å²) in [7, 11) is 0. The summed E-state index contributed by atoms with van der Waals surface area (Å²) in [5, 5.41) is 20.2. The first-order valence-corrected chi connectivity index (χ1v) is 8.85. The molecule has 0 saturated carbocycles. The highest BCUT2D eigenvalue weighted by molar-refractivity contribution is 5.72. The lowest BCUT2D eigenvalue weighted by atomic mass is 9.96. The summed E-state index contributed by atoms with van der Waals surface area (Å²) in [4.78, 5) is 11.4. The Morgan fingerprint density at radius 3 is 2.48 bits per heavy atom. The molecule has 0 aromatic heterocycles. The smallest absolute Gasteiger partial charge is 0.305 e. The maximum atomic E-state index is 11.4. The number of carbonyl (C=O) groups is 1. The van der Waals surface area contributed by atoms with Crippen molar-refractivity contribution < 1.29 is 19.7 Å². The van der Waals surface area contributed by atoms with Crippen molar-refractivity contribution in [1.29, 1.82) is 0 Å². The third-order valence-corrected chi connectivity index (χ3v) is 4.12. The van der Waals surface area contributed by atoms with Crippen molar-refractivity contribution >= 4 is 5.97 Å².